The van der Waals surface area contributed by atoms with Crippen LogP contribution in [-0.4, -0.2) is 35.0 Å². The van der Waals surface area contributed by atoms with E-state index in [1.165, 1.54) is 13.4 Å². The predicted molar refractivity (Wildman–Crippen MR) is 68.1 cm³/mol. The van der Waals surface area contributed by atoms with E-state index in [-0.39, 0.29) is 11.8 Å². The number of esters is 1. The Balaban J connectivity index is 1.97. The van der Waals surface area contributed by atoms with E-state index in [0.29, 0.717) is 6.42 Å². The number of nitrogens with one attached hydrogen (secondary N) is 2. The van der Waals surface area contributed by atoms with Crippen LogP contribution >= 0.6 is 0 Å². The van der Waals surface area contributed by atoms with Crippen LogP contribution in [0.3, 0.4) is 0 Å². The first-order chi connectivity index (χ1) is 9.20. The minimum Gasteiger partial charge on any atom is -0.467 e. The van der Waals surface area contributed by atoms with Crippen molar-refractivity contribution in [2.24, 2.45) is 5.92 Å². The number of aromatic amines is 1. The molecule has 19 heavy (non-hydrogen) atoms. The number of hydrogen-bond acceptors (Lipinski definition) is 4. The largest absolute Gasteiger partial charge is 0.467 e. The van der Waals surface area contributed by atoms with Crippen molar-refractivity contribution >= 4 is 11.9 Å². The number of H-pyrrole nitrogens is 1. The number of hydrogen-bond donors (Lipinski definition) is 2. The summed E-state index contributed by atoms with van der Waals surface area (Å²) in [6.45, 7) is 0. The third kappa shape index (κ3) is 3.43. The molecule has 1 aromatic rings. The number of rotatable bonds is 5. The van der Waals surface area contributed by atoms with Crippen molar-refractivity contribution in [1.29, 1.82) is 0 Å². The molecular formula is C13H17N3O3. The van der Waals surface area contributed by atoms with Crippen molar-refractivity contribution < 1.29 is 14.3 Å². The lowest BCUT2D eigenvalue weighted by Gasteiger charge is -2.18. The van der Waals surface area contributed by atoms with Crippen molar-refractivity contribution in [1.82, 2.24) is 15.3 Å². The van der Waals surface area contributed by atoms with E-state index >= 15 is 0 Å². The summed E-state index contributed by atoms with van der Waals surface area (Å²) < 4.78 is 4.72. The van der Waals surface area contributed by atoms with Crippen molar-refractivity contribution in [2.75, 3.05) is 7.11 Å². The zero-order valence-electron chi connectivity index (χ0n) is 10.8. The highest BCUT2D eigenvalue weighted by Gasteiger charge is 2.26. The molecule has 102 valence electrons. The smallest absolute Gasteiger partial charge is 0.328 e. The summed E-state index contributed by atoms with van der Waals surface area (Å²) in [5.41, 5.74) is 0.778. The number of imidazole rings is 1. The normalized spacial score (nSPS) is 16.3. The van der Waals surface area contributed by atoms with Crippen molar-refractivity contribution in [3.8, 4) is 0 Å². The zero-order chi connectivity index (χ0) is 13.7. The Morgan fingerprint density at radius 1 is 1.53 bits per heavy atom. The highest BCUT2D eigenvalue weighted by Crippen LogP contribution is 2.18. The average molecular weight is 263 g/mol. The molecule has 2 N–H and O–H groups in total. The number of carbonyl (C=O) groups is 2. The Bertz CT molecular complexity index is 459. The molecule has 6 nitrogen and oxygen atoms in total. The molecule has 1 aromatic heterocycles. The quantitative estimate of drug-likeness (QED) is 0.601. The molecule has 0 radical (unpaired) electrons. The van der Waals surface area contributed by atoms with Crippen LogP contribution in [-0.2, 0) is 20.7 Å². The minimum absolute atomic E-state index is 0.0751. The molecule has 1 aliphatic rings. The summed E-state index contributed by atoms with van der Waals surface area (Å²) in [6.07, 6.45) is 8.91. The molecule has 6 heteroatoms. The molecule has 1 amide bonds. The summed E-state index contributed by atoms with van der Waals surface area (Å²) in [5, 5.41) is 2.75. The van der Waals surface area contributed by atoms with Gasteiger partial charge in [-0.3, -0.25) is 4.79 Å². The Morgan fingerprint density at radius 2 is 2.26 bits per heavy atom. The van der Waals surface area contributed by atoms with Crippen LogP contribution in [0.25, 0.3) is 0 Å². The Kier molecular flexibility index (Phi) is 4.33. The standard InChI is InChI=1S/C13H17N3O3/c1-19-13(18)11(6-10-7-14-8-15-10)16-12(17)9-4-2-3-5-9/h2-3,7-9,11H,4-6H2,1H3,(H,14,15)(H,16,17)/t11-/m0/s1. The maximum absolute atomic E-state index is 12.0. The summed E-state index contributed by atoms with van der Waals surface area (Å²) in [6, 6.07) is -0.682. The highest BCUT2D eigenvalue weighted by molar-refractivity contribution is 5.86. The van der Waals surface area contributed by atoms with Gasteiger partial charge >= 0.3 is 5.97 Å². The van der Waals surface area contributed by atoms with Crippen LogP contribution in [0.4, 0.5) is 0 Å². The topological polar surface area (TPSA) is 84.1 Å². The number of allylic oxidation sites excluding steroid dienone is 2. The average Bonchev–Trinajstić information content (AvgIpc) is 3.09. The summed E-state index contributed by atoms with van der Waals surface area (Å²) in [5.74, 6) is -0.636. The van der Waals surface area contributed by atoms with E-state index in [2.05, 4.69) is 15.3 Å². The lowest BCUT2D eigenvalue weighted by molar-refractivity contribution is -0.145. The molecule has 0 aromatic carbocycles. The molecule has 2 rings (SSSR count). The molecule has 0 spiro atoms. The van der Waals surface area contributed by atoms with Gasteiger partial charge in [-0.1, -0.05) is 12.2 Å². The maximum Gasteiger partial charge on any atom is 0.328 e. The van der Waals surface area contributed by atoms with Gasteiger partial charge in [-0.05, 0) is 12.8 Å². The Morgan fingerprint density at radius 3 is 2.84 bits per heavy atom. The lowest BCUT2D eigenvalue weighted by Crippen LogP contribution is -2.45. The van der Waals surface area contributed by atoms with Gasteiger partial charge in [0.1, 0.15) is 6.04 Å². The van der Waals surface area contributed by atoms with Gasteiger partial charge in [-0.25, -0.2) is 9.78 Å². The third-order valence-corrected chi connectivity index (χ3v) is 3.16. The van der Waals surface area contributed by atoms with E-state index in [9.17, 15) is 9.59 Å². The summed E-state index contributed by atoms with van der Waals surface area (Å²) in [4.78, 5) is 30.5. The van der Waals surface area contributed by atoms with Gasteiger partial charge in [0.2, 0.25) is 5.91 Å². The molecule has 0 saturated heterocycles. The molecule has 1 heterocycles. The number of carbonyl (C=O) groups excluding carboxylic acids is 2. The monoisotopic (exact) mass is 263 g/mol. The number of aromatic nitrogens is 2. The molecule has 1 atom stereocenters. The SMILES string of the molecule is COC(=O)[C@H](Cc1cnc[nH]1)NC(=O)C1CC=CC1. The van der Waals surface area contributed by atoms with E-state index in [1.54, 1.807) is 6.20 Å². The fourth-order valence-electron chi connectivity index (χ4n) is 2.07. The molecule has 0 fully saturated rings. The molecule has 1 aliphatic carbocycles. The number of nitrogens with zero attached hydrogens (tertiary/aromatic N) is 1. The molecule has 0 unspecified atom stereocenters. The summed E-state index contributed by atoms with van der Waals surface area (Å²) in [7, 11) is 1.31. The van der Waals surface area contributed by atoms with Gasteiger partial charge in [0.05, 0.1) is 13.4 Å². The second-order valence-electron chi connectivity index (χ2n) is 4.51. The van der Waals surface area contributed by atoms with E-state index < -0.39 is 12.0 Å². The molecule has 0 saturated carbocycles. The van der Waals surface area contributed by atoms with Gasteiger partial charge in [-0.15, -0.1) is 0 Å². The summed E-state index contributed by atoms with van der Waals surface area (Å²) >= 11 is 0. The van der Waals surface area contributed by atoms with E-state index in [0.717, 1.165) is 18.5 Å². The van der Waals surface area contributed by atoms with Crippen LogP contribution in [0, 0.1) is 5.92 Å². The van der Waals surface area contributed by atoms with Crippen molar-refractivity contribution in [3.63, 3.8) is 0 Å². The zero-order valence-corrected chi connectivity index (χ0v) is 10.8. The Labute approximate surface area is 111 Å². The first kappa shape index (κ1) is 13.3. The van der Waals surface area contributed by atoms with Gasteiger partial charge in [0.25, 0.3) is 0 Å². The van der Waals surface area contributed by atoms with Gasteiger partial charge in [0, 0.05) is 24.2 Å². The van der Waals surface area contributed by atoms with E-state index in [1.807, 2.05) is 12.2 Å². The second-order valence-corrected chi connectivity index (χ2v) is 4.51. The number of methoxy groups -OCH3 is 1. The van der Waals surface area contributed by atoms with Crippen molar-refractivity contribution in [3.05, 3.63) is 30.4 Å². The molecular weight excluding hydrogens is 246 g/mol. The van der Waals surface area contributed by atoms with E-state index in [4.69, 9.17) is 4.74 Å². The number of amides is 1. The van der Waals surface area contributed by atoms with Crippen LogP contribution in [0.15, 0.2) is 24.7 Å². The fourth-order valence-corrected chi connectivity index (χ4v) is 2.07. The highest BCUT2D eigenvalue weighted by atomic mass is 16.5. The lowest BCUT2D eigenvalue weighted by atomic mass is 10.1. The number of ether oxygens (including phenoxy) is 1. The molecule has 0 aliphatic heterocycles. The third-order valence-electron chi connectivity index (χ3n) is 3.16. The van der Waals surface area contributed by atoms with Crippen LogP contribution in [0.1, 0.15) is 18.5 Å². The predicted octanol–water partition coefficient (Wildman–Crippen LogP) is 0.576. The van der Waals surface area contributed by atoms with Crippen molar-refractivity contribution in [2.45, 2.75) is 25.3 Å². The van der Waals surface area contributed by atoms with Gasteiger partial charge in [0.15, 0.2) is 0 Å². The van der Waals surface area contributed by atoms with Crippen LogP contribution < -0.4 is 5.32 Å². The van der Waals surface area contributed by atoms with Gasteiger partial charge < -0.3 is 15.0 Å². The van der Waals surface area contributed by atoms with Crippen LogP contribution in [0.5, 0.6) is 0 Å². The maximum atomic E-state index is 12.0. The minimum atomic E-state index is -0.682. The second kappa shape index (κ2) is 6.17. The van der Waals surface area contributed by atoms with Crippen LogP contribution in [0.2, 0.25) is 0 Å². The van der Waals surface area contributed by atoms with Gasteiger partial charge in [-0.2, -0.15) is 0 Å². The molecule has 0 bridgehead atoms. The fraction of sp³-hybridized carbons (Fsp3) is 0.462. The first-order valence-electron chi connectivity index (χ1n) is 6.21. The Hall–Kier alpha value is -2.11. The first-order valence-corrected chi connectivity index (χ1v) is 6.21.